The molecule has 1 rings (SSSR count). The minimum atomic E-state index is 0.712. The Morgan fingerprint density at radius 3 is 2.69 bits per heavy atom. The Kier molecular flexibility index (Phi) is 5.12. The predicted octanol–water partition coefficient (Wildman–Crippen LogP) is 2.51. The Balaban J connectivity index is 2.57. The SMILES string of the molecule is CCCCN(C)Cc1ccc(OC)c(N)c1. The Hall–Kier alpha value is -1.22. The highest BCUT2D eigenvalue weighted by molar-refractivity contribution is 5.54. The summed E-state index contributed by atoms with van der Waals surface area (Å²) in [6, 6.07) is 5.98. The first-order valence-electron chi connectivity index (χ1n) is 5.78. The molecule has 3 nitrogen and oxygen atoms in total. The number of hydrogen-bond donors (Lipinski definition) is 1. The van der Waals surface area contributed by atoms with Gasteiger partial charge in [0.05, 0.1) is 12.8 Å². The number of unbranched alkanes of at least 4 members (excludes halogenated alkanes) is 1. The lowest BCUT2D eigenvalue weighted by Crippen LogP contribution is -2.18. The first-order chi connectivity index (χ1) is 7.67. The van der Waals surface area contributed by atoms with E-state index in [9.17, 15) is 0 Å². The molecule has 0 saturated carbocycles. The molecule has 0 aliphatic heterocycles. The molecule has 3 heteroatoms. The lowest BCUT2D eigenvalue weighted by Gasteiger charge is -2.16. The second-order valence-corrected chi connectivity index (χ2v) is 4.17. The summed E-state index contributed by atoms with van der Waals surface area (Å²) in [5, 5.41) is 0. The van der Waals surface area contributed by atoms with Gasteiger partial charge in [-0.2, -0.15) is 0 Å². The number of ether oxygens (including phenoxy) is 1. The minimum Gasteiger partial charge on any atom is -0.495 e. The highest BCUT2D eigenvalue weighted by Gasteiger charge is 2.03. The first-order valence-corrected chi connectivity index (χ1v) is 5.78. The number of nitrogens with two attached hydrogens (primary N) is 1. The highest BCUT2D eigenvalue weighted by atomic mass is 16.5. The topological polar surface area (TPSA) is 38.5 Å². The van der Waals surface area contributed by atoms with E-state index in [2.05, 4.69) is 24.9 Å². The van der Waals surface area contributed by atoms with Gasteiger partial charge in [0.15, 0.2) is 0 Å². The van der Waals surface area contributed by atoms with Crippen LogP contribution in [0.5, 0.6) is 5.75 Å². The van der Waals surface area contributed by atoms with E-state index in [1.807, 2.05) is 12.1 Å². The number of benzene rings is 1. The van der Waals surface area contributed by atoms with Crippen molar-refractivity contribution in [1.29, 1.82) is 0 Å². The van der Waals surface area contributed by atoms with Gasteiger partial charge >= 0.3 is 0 Å². The van der Waals surface area contributed by atoms with Crippen molar-refractivity contribution in [3.63, 3.8) is 0 Å². The molecule has 0 heterocycles. The molecule has 0 saturated heterocycles. The average Bonchev–Trinajstić information content (AvgIpc) is 2.26. The normalized spacial score (nSPS) is 10.8. The van der Waals surface area contributed by atoms with Gasteiger partial charge < -0.3 is 15.4 Å². The Labute approximate surface area is 98.2 Å². The highest BCUT2D eigenvalue weighted by Crippen LogP contribution is 2.22. The summed E-state index contributed by atoms with van der Waals surface area (Å²) in [4.78, 5) is 2.31. The molecule has 0 unspecified atom stereocenters. The molecule has 0 bridgehead atoms. The Morgan fingerprint density at radius 2 is 2.12 bits per heavy atom. The third-order valence-electron chi connectivity index (χ3n) is 2.64. The molecule has 0 radical (unpaired) electrons. The predicted molar refractivity (Wildman–Crippen MR) is 68.6 cm³/mol. The van der Waals surface area contributed by atoms with Crippen molar-refractivity contribution < 1.29 is 4.74 Å². The van der Waals surface area contributed by atoms with Crippen LogP contribution in [0.2, 0.25) is 0 Å². The molecule has 0 amide bonds. The van der Waals surface area contributed by atoms with Gasteiger partial charge in [-0.1, -0.05) is 19.4 Å². The summed E-state index contributed by atoms with van der Waals surface area (Å²) in [6.07, 6.45) is 2.47. The summed E-state index contributed by atoms with van der Waals surface area (Å²) < 4.78 is 5.13. The summed E-state index contributed by atoms with van der Waals surface area (Å²) >= 11 is 0. The lowest BCUT2D eigenvalue weighted by molar-refractivity contribution is 0.320. The molecule has 16 heavy (non-hydrogen) atoms. The average molecular weight is 222 g/mol. The summed E-state index contributed by atoms with van der Waals surface area (Å²) in [5.41, 5.74) is 7.81. The van der Waals surface area contributed by atoms with Crippen molar-refractivity contribution in [3.8, 4) is 5.75 Å². The third-order valence-corrected chi connectivity index (χ3v) is 2.64. The van der Waals surface area contributed by atoms with Gasteiger partial charge in [-0.05, 0) is 37.7 Å². The number of hydrogen-bond acceptors (Lipinski definition) is 3. The van der Waals surface area contributed by atoms with Crippen LogP contribution in [0.4, 0.5) is 5.69 Å². The van der Waals surface area contributed by atoms with Crippen molar-refractivity contribution >= 4 is 5.69 Å². The maximum absolute atomic E-state index is 5.86. The Bertz CT molecular complexity index is 326. The summed E-state index contributed by atoms with van der Waals surface area (Å²) in [5.74, 6) is 0.750. The van der Waals surface area contributed by atoms with Gasteiger partial charge in [-0.25, -0.2) is 0 Å². The third kappa shape index (κ3) is 3.74. The van der Waals surface area contributed by atoms with Crippen molar-refractivity contribution in [1.82, 2.24) is 4.90 Å². The van der Waals surface area contributed by atoms with Crippen molar-refractivity contribution in [2.24, 2.45) is 0 Å². The zero-order valence-electron chi connectivity index (χ0n) is 10.5. The quantitative estimate of drug-likeness (QED) is 0.752. The van der Waals surface area contributed by atoms with Crippen LogP contribution in [-0.4, -0.2) is 25.6 Å². The van der Waals surface area contributed by atoms with Crippen LogP contribution < -0.4 is 10.5 Å². The van der Waals surface area contributed by atoms with Crippen molar-refractivity contribution in [3.05, 3.63) is 23.8 Å². The molecule has 0 atom stereocenters. The fourth-order valence-electron chi connectivity index (χ4n) is 1.70. The second-order valence-electron chi connectivity index (χ2n) is 4.17. The molecule has 90 valence electrons. The maximum Gasteiger partial charge on any atom is 0.141 e. The summed E-state index contributed by atoms with van der Waals surface area (Å²) in [7, 11) is 3.77. The fourth-order valence-corrected chi connectivity index (χ4v) is 1.70. The van der Waals surface area contributed by atoms with E-state index >= 15 is 0 Å². The number of nitrogens with zero attached hydrogens (tertiary/aromatic N) is 1. The van der Waals surface area contributed by atoms with E-state index in [1.54, 1.807) is 7.11 Å². The molecule has 1 aromatic carbocycles. The molecule has 1 aromatic rings. The van der Waals surface area contributed by atoms with Gasteiger partial charge in [0.25, 0.3) is 0 Å². The molecule has 0 spiro atoms. The number of methoxy groups -OCH3 is 1. The van der Waals surface area contributed by atoms with Gasteiger partial charge in [-0.15, -0.1) is 0 Å². The molecule has 0 fully saturated rings. The summed E-state index contributed by atoms with van der Waals surface area (Å²) in [6.45, 7) is 4.27. The van der Waals surface area contributed by atoms with Gasteiger partial charge in [0.1, 0.15) is 5.75 Å². The van der Waals surface area contributed by atoms with E-state index in [4.69, 9.17) is 10.5 Å². The van der Waals surface area contributed by atoms with Crippen LogP contribution in [-0.2, 0) is 6.54 Å². The van der Waals surface area contributed by atoms with Crippen LogP contribution in [0.3, 0.4) is 0 Å². The Morgan fingerprint density at radius 1 is 1.38 bits per heavy atom. The number of rotatable bonds is 6. The molecule has 0 aromatic heterocycles. The zero-order chi connectivity index (χ0) is 12.0. The molecular weight excluding hydrogens is 200 g/mol. The van der Waals surface area contributed by atoms with E-state index < -0.39 is 0 Å². The van der Waals surface area contributed by atoms with E-state index in [0.717, 1.165) is 18.8 Å². The molecule has 2 N–H and O–H groups in total. The van der Waals surface area contributed by atoms with E-state index in [1.165, 1.54) is 18.4 Å². The van der Waals surface area contributed by atoms with E-state index in [0.29, 0.717) is 5.69 Å². The molecule has 0 aliphatic rings. The monoisotopic (exact) mass is 222 g/mol. The number of anilines is 1. The van der Waals surface area contributed by atoms with Gasteiger partial charge in [0, 0.05) is 6.54 Å². The lowest BCUT2D eigenvalue weighted by atomic mass is 10.1. The van der Waals surface area contributed by atoms with Gasteiger partial charge in [-0.3, -0.25) is 0 Å². The minimum absolute atomic E-state index is 0.712. The molecular formula is C13H22N2O. The van der Waals surface area contributed by atoms with Crippen LogP contribution in [0.25, 0.3) is 0 Å². The van der Waals surface area contributed by atoms with Crippen LogP contribution in [0.15, 0.2) is 18.2 Å². The van der Waals surface area contributed by atoms with Crippen molar-refractivity contribution in [2.45, 2.75) is 26.3 Å². The largest absolute Gasteiger partial charge is 0.495 e. The standard InChI is InChI=1S/C13H22N2O/c1-4-5-8-15(2)10-11-6-7-13(16-3)12(14)9-11/h6-7,9H,4-5,8,10,14H2,1-3H3. The van der Waals surface area contributed by atoms with Crippen LogP contribution in [0.1, 0.15) is 25.3 Å². The second kappa shape index (κ2) is 6.38. The number of nitrogen functional groups attached to an aromatic ring is 1. The van der Waals surface area contributed by atoms with Gasteiger partial charge in [0.2, 0.25) is 0 Å². The first kappa shape index (κ1) is 12.8. The van der Waals surface area contributed by atoms with Crippen molar-refractivity contribution in [2.75, 3.05) is 26.4 Å². The fraction of sp³-hybridized carbons (Fsp3) is 0.538. The smallest absolute Gasteiger partial charge is 0.141 e. The molecule has 0 aliphatic carbocycles. The van der Waals surface area contributed by atoms with E-state index in [-0.39, 0.29) is 0 Å². The van der Waals surface area contributed by atoms with Crippen LogP contribution >= 0.6 is 0 Å². The van der Waals surface area contributed by atoms with Crippen LogP contribution in [0, 0.1) is 0 Å². The maximum atomic E-state index is 5.86. The zero-order valence-corrected chi connectivity index (χ0v) is 10.5.